The predicted molar refractivity (Wildman–Crippen MR) is 87.0 cm³/mol. The van der Waals surface area contributed by atoms with E-state index in [9.17, 15) is 0 Å². The monoisotopic (exact) mass is 324 g/mol. The number of thiazole rings is 1. The lowest BCUT2D eigenvalue weighted by Gasteiger charge is -2.08. The molecule has 2 heterocycles. The van der Waals surface area contributed by atoms with Crippen LogP contribution in [-0.2, 0) is 0 Å². The number of hydrogen-bond donors (Lipinski definition) is 1. The van der Waals surface area contributed by atoms with E-state index in [1.807, 2.05) is 18.2 Å². The van der Waals surface area contributed by atoms with Crippen LogP contribution in [0.2, 0.25) is 0 Å². The van der Waals surface area contributed by atoms with Gasteiger partial charge in [-0.2, -0.15) is 0 Å². The van der Waals surface area contributed by atoms with Gasteiger partial charge < -0.3 is 14.8 Å². The molecule has 0 radical (unpaired) electrons. The van der Waals surface area contributed by atoms with Crippen molar-refractivity contribution in [1.82, 2.24) is 4.98 Å². The van der Waals surface area contributed by atoms with E-state index in [2.05, 4.69) is 15.7 Å². The van der Waals surface area contributed by atoms with Gasteiger partial charge in [-0.3, -0.25) is 0 Å². The van der Waals surface area contributed by atoms with Gasteiger partial charge in [-0.1, -0.05) is 0 Å². The highest BCUT2D eigenvalue weighted by molar-refractivity contribution is 7.14. The molecule has 1 N–H and O–H groups in total. The summed E-state index contributed by atoms with van der Waals surface area (Å²) in [5.74, 6) is 1.66. The molecule has 1 fully saturated rings. The molecule has 1 aliphatic carbocycles. The van der Waals surface area contributed by atoms with Crippen molar-refractivity contribution >= 4 is 28.9 Å². The number of fused-ring (bicyclic) bond motifs is 1. The van der Waals surface area contributed by atoms with Crippen LogP contribution in [0, 0.1) is 0 Å². The number of halogens is 1. The van der Waals surface area contributed by atoms with Crippen LogP contribution >= 0.6 is 23.7 Å². The van der Waals surface area contributed by atoms with Crippen LogP contribution in [0.5, 0.6) is 11.5 Å². The Balaban J connectivity index is 0.00000132. The quantitative estimate of drug-likeness (QED) is 0.927. The zero-order chi connectivity index (χ0) is 13.4. The van der Waals surface area contributed by atoms with Gasteiger partial charge in [-0.05, 0) is 31.0 Å². The standard InChI is InChI=1S/C15H16N2O2S.ClH/c1-6-18-13-5-2-10(8-14(13)19-7-1)12-9-20-15(17-12)16-11-3-4-11;/h2,5,8-9,11H,1,3-4,6-7H2,(H,16,17);1H. The third-order valence-electron chi connectivity index (χ3n) is 3.45. The van der Waals surface area contributed by atoms with Crippen LogP contribution in [-0.4, -0.2) is 24.2 Å². The van der Waals surface area contributed by atoms with Crippen molar-refractivity contribution < 1.29 is 9.47 Å². The summed E-state index contributed by atoms with van der Waals surface area (Å²) in [6.45, 7) is 1.43. The maximum atomic E-state index is 5.73. The summed E-state index contributed by atoms with van der Waals surface area (Å²) in [4.78, 5) is 4.64. The van der Waals surface area contributed by atoms with Gasteiger partial charge in [0.05, 0.1) is 18.9 Å². The maximum Gasteiger partial charge on any atom is 0.183 e. The first-order chi connectivity index (χ1) is 9.88. The minimum atomic E-state index is 0. The Labute approximate surface area is 133 Å². The summed E-state index contributed by atoms with van der Waals surface area (Å²) in [7, 11) is 0. The number of rotatable bonds is 3. The third-order valence-corrected chi connectivity index (χ3v) is 4.23. The molecular formula is C15H17ClN2O2S. The van der Waals surface area contributed by atoms with Crippen molar-refractivity contribution in [2.24, 2.45) is 0 Å². The number of anilines is 1. The van der Waals surface area contributed by atoms with Crippen LogP contribution in [0.1, 0.15) is 19.3 Å². The molecule has 112 valence electrons. The average molecular weight is 325 g/mol. The van der Waals surface area contributed by atoms with Gasteiger partial charge in [-0.15, -0.1) is 23.7 Å². The summed E-state index contributed by atoms with van der Waals surface area (Å²) < 4.78 is 11.4. The molecule has 4 rings (SSSR count). The average Bonchev–Trinajstić information content (AvgIpc) is 3.20. The van der Waals surface area contributed by atoms with Crippen LogP contribution in [0.25, 0.3) is 11.3 Å². The van der Waals surface area contributed by atoms with Gasteiger partial charge in [0.2, 0.25) is 0 Å². The van der Waals surface area contributed by atoms with E-state index in [0.29, 0.717) is 12.6 Å². The number of nitrogens with one attached hydrogen (secondary N) is 1. The largest absolute Gasteiger partial charge is 0.490 e. The number of hydrogen-bond acceptors (Lipinski definition) is 5. The molecule has 0 spiro atoms. The highest BCUT2D eigenvalue weighted by Crippen LogP contribution is 2.35. The summed E-state index contributed by atoms with van der Waals surface area (Å²) in [5, 5.41) is 6.53. The highest BCUT2D eigenvalue weighted by atomic mass is 35.5. The zero-order valence-electron chi connectivity index (χ0n) is 11.5. The molecule has 1 saturated carbocycles. The van der Waals surface area contributed by atoms with Gasteiger partial charge in [0, 0.05) is 23.4 Å². The number of benzene rings is 1. The first kappa shape index (κ1) is 14.5. The smallest absolute Gasteiger partial charge is 0.183 e. The van der Waals surface area contributed by atoms with E-state index in [1.54, 1.807) is 11.3 Å². The molecule has 0 atom stereocenters. The van der Waals surface area contributed by atoms with Crippen LogP contribution in [0.15, 0.2) is 23.6 Å². The van der Waals surface area contributed by atoms with Crippen molar-refractivity contribution in [3.63, 3.8) is 0 Å². The predicted octanol–water partition coefficient (Wildman–Crippen LogP) is 3.97. The Hall–Kier alpha value is -1.46. The maximum absolute atomic E-state index is 5.73. The Morgan fingerprint density at radius 3 is 2.76 bits per heavy atom. The third kappa shape index (κ3) is 3.24. The number of nitrogens with zero attached hydrogens (tertiary/aromatic N) is 1. The first-order valence-electron chi connectivity index (χ1n) is 7.00. The molecule has 21 heavy (non-hydrogen) atoms. The van der Waals surface area contributed by atoms with Gasteiger partial charge >= 0.3 is 0 Å². The van der Waals surface area contributed by atoms with E-state index >= 15 is 0 Å². The van der Waals surface area contributed by atoms with Crippen molar-refractivity contribution in [1.29, 1.82) is 0 Å². The summed E-state index contributed by atoms with van der Waals surface area (Å²) in [6.07, 6.45) is 3.45. The van der Waals surface area contributed by atoms with Gasteiger partial charge in [0.1, 0.15) is 0 Å². The second-order valence-electron chi connectivity index (χ2n) is 5.17. The van der Waals surface area contributed by atoms with Crippen molar-refractivity contribution in [2.45, 2.75) is 25.3 Å². The normalized spacial score (nSPS) is 16.8. The molecule has 2 aliphatic rings. The van der Waals surface area contributed by atoms with Crippen LogP contribution < -0.4 is 14.8 Å². The molecule has 1 aliphatic heterocycles. The lowest BCUT2D eigenvalue weighted by Crippen LogP contribution is -1.99. The molecule has 6 heteroatoms. The van der Waals surface area contributed by atoms with Crippen LogP contribution in [0.3, 0.4) is 0 Å². The lowest BCUT2D eigenvalue weighted by atomic mass is 10.1. The van der Waals surface area contributed by atoms with Crippen LogP contribution in [0.4, 0.5) is 5.13 Å². The minimum absolute atomic E-state index is 0. The second kappa shape index (κ2) is 6.12. The Morgan fingerprint density at radius 2 is 1.95 bits per heavy atom. The molecule has 1 aromatic carbocycles. The fraction of sp³-hybridized carbons (Fsp3) is 0.400. The fourth-order valence-electron chi connectivity index (χ4n) is 2.20. The molecule has 4 nitrogen and oxygen atoms in total. The van der Waals surface area contributed by atoms with E-state index in [0.717, 1.165) is 40.9 Å². The van der Waals surface area contributed by atoms with Gasteiger partial charge in [-0.25, -0.2) is 4.98 Å². The lowest BCUT2D eigenvalue weighted by molar-refractivity contribution is 0.297. The minimum Gasteiger partial charge on any atom is -0.490 e. The Bertz CT molecular complexity index is 628. The van der Waals surface area contributed by atoms with E-state index in [4.69, 9.17) is 9.47 Å². The first-order valence-corrected chi connectivity index (χ1v) is 7.88. The molecule has 0 bridgehead atoms. The van der Waals surface area contributed by atoms with E-state index in [-0.39, 0.29) is 12.4 Å². The molecule has 1 aromatic heterocycles. The summed E-state index contributed by atoms with van der Waals surface area (Å²) >= 11 is 1.66. The number of ether oxygens (including phenoxy) is 2. The SMILES string of the molecule is Cl.c1cc2c(cc1-c1csc(NC3CC3)n1)OCCCO2. The summed E-state index contributed by atoms with van der Waals surface area (Å²) in [5.41, 5.74) is 2.07. The van der Waals surface area contributed by atoms with Gasteiger partial charge in [0.25, 0.3) is 0 Å². The Morgan fingerprint density at radius 1 is 1.14 bits per heavy atom. The topological polar surface area (TPSA) is 43.4 Å². The molecular weight excluding hydrogens is 308 g/mol. The van der Waals surface area contributed by atoms with Crippen molar-refractivity contribution in [3.05, 3.63) is 23.6 Å². The van der Waals surface area contributed by atoms with E-state index in [1.165, 1.54) is 12.8 Å². The van der Waals surface area contributed by atoms with Gasteiger partial charge in [0.15, 0.2) is 16.6 Å². The zero-order valence-corrected chi connectivity index (χ0v) is 13.1. The fourth-order valence-corrected chi connectivity index (χ4v) is 3.00. The van der Waals surface area contributed by atoms with E-state index < -0.39 is 0 Å². The second-order valence-corrected chi connectivity index (χ2v) is 6.03. The molecule has 2 aromatic rings. The van der Waals surface area contributed by atoms with Crippen molar-refractivity contribution in [2.75, 3.05) is 18.5 Å². The molecule has 0 amide bonds. The molecule has 0 unspecified atom stereocenters. The summed E-state index contributed by atoms with van der Waals surface area (Å²) in [6, 6.07) is 6.68. The Kier molecular flexibility index (Phi) is 4.22. The molecule has 0 saturated heterocycles. The highest BCUT2D eigenvalue weighted by Gasteiger charge is 2.22. The number of aromatic nitrogens is 1. The van der Waals surface area contributed by atoms with Crippen molar-refractivity contribution in [3.8, 4) is 22.8 Å².